The molecule has 1 aliphatic rings. The van der Waals surface area contributed by atoms with Crippen molar-refractivity contribution in [3.63, 3.8) is 0 Å². The first kappa shape index (κ1) is 13.2. The van der Waals surface area contributed by atoms with Crippen LogP contribution in [0.3, 0.4) is 0 Å². The van der Waals surface area contributed by atoms with E-state index in [-0.39, 0.29) is 11.9 Å². The SMILES string of the molecule is CC1CN(C)CCC1NC(=O)c1cccc2cc[nH]c12. The number of piperidine rings is 1. The second-order valence-electron chi connectivity index (χ2n) is 5.86. The molecule has 0 spiro atoms. The standard InChI is InChI=1S/C16H21N3O/c1-11-10-19(2)9-7-14(11)18-16(20)13-5-3-4-12-6-8-17-15(12)13/h3-6,8,11,14,17H,7,9-10H2,1-2H3,(H,18,20). The van der Waals surface area contributed by atoms with Crippen molar-refractivity contribution in [3.8, 4) is 0 Å². The first-order valence-electron chi connectivity index (χ1n) is 7.20. The molecule has 1 saturated heterocycles. The van der Waals surface area contributed by atoms with Gasteiger partial charge in [0.05, 0.1) is 11.1 Å². The number of benzene rings is 1. The number of fused-ring (bicyclic) bond motifs is 1. The van der Waals surface area contributed by atoms with Crippen molar-refractivity contribution in [1.82, 2.24) is 15.2 Å². The average Bonchev–Trinajstić information content (AvgIpc) is 2.90. The highest BCUT2D eigenvalue weighted by atomic mass is 16.1. The number of aromatic nitrogens is 1. The molecule has 3 rings (SSSR count). The third-order valence-corrected chi connectivity index (χ3v) is 4.26. The number of nitrogens with one attached hydrogen (secondary N) is 2. The monoisotopic (exact) mass is 271 g/mol. The van der Waals surface area contributed by atoms with Crippen LogP contribution >= 0.6 is 0 Å². The van der Waals surface area contributed by atoms with E-state index in [0.29, 0.717) is 5.92 Å². The zero-order valence-electron chi connectivity index (χ0n) is 12.0. The summed E-state index contributed by atoms with van der Waals surface area (Å²) in [5.74, 6) is 0.514. The highest BCUT2D eigenvalue weighted by molar-refractivity contribution is 6.05. The molecular weight excluding hydrogens is 250 g/mol. The molecule has 0 radical (unpaired) electrons. The molecule has 2 unspecified atom stereocenters. The Hall–Kier alpha value is -1.81. The maximum absolute atomic E-state index is 12.5. The summed E-state index contributed by atoms with van der Waals surface area (Å²) in [6, 6.07) is 8.09. The van der Waals surface area contributed by atoms with Crippen LogP contribution in [-0.4, -0.2) is 42.0 Å². The normalized spacial score (nSPS) is 23.9. The van der Waals surface area contributed by atoms with Crippen LogP contribution in [-0.2, 0) is 0 Å². The third-order valence-electron chi connectivity index (χ3n) is 4.26. The molecule has 2 atom stereocenters. The van der Waals surface area contributed by atoms with Crippen molar-refractivity contribution in [2.75, 3.05) is 20.1 Å². The first-order chi connectivity index (χ1) is 9.65. The van der Waals surface area contributed by atoms with Crippen LogP contribution in [0.4, 0.5) is 0 Å². The molecule has 2 heterocycles. The largest absolute Gasteiger partial charge is 0.361 e. The van der Waals surface area contributed by atoms with Crippen LogP contribution in [0, 0.1) is 5.92 Å². The topological polar surface area (TPSA) is 48.1 Å². The van der Waals surface area contributed by atoms with Crippen molar-refractivity contribution >= 4 is 16.8 Å². The van der Waals surface area contributed by atoms with Gasteiger partial charge in [-0.2, -0.15) is 0 Å². The predicted molar refractivity (Wildman–Crippen MR) is 80.8 cm³/mol. The lowest BCUT2D eigenvalue weighted by atomic mass is 9.94. The zero-order chi connectivity index (χ0) is 14.1. The van der Waals surface area contributed by atoms with Crippen molar-refractivity contribution in [2.24, 2.45) is 5.92 Å². The van der Waals surface area contributed by atoms with E-state index in [2.05, 4.69) is 29.2 Å². The summed E-state index contributed by atoms with van der Waals surface area (Å²) in [5.41, 5.74) is 1.66. The van der Waals surface area contributed by atoms with Crippen molar-refractivity contribution in [2.45, 2.75) is 19.4 Å². The summed E-state index contributed by atoms with van der Waals surface area (Å²) in [5, 5.41) is 4.28. The summed E-state index contributed by atoms with van der Waals surface area (Å²) in [4.78, 5) is 18.0. The van der Waals surface area contributed by atoms with E-state index in [9.17, 15) is 4.79 Å². The second-order valence-corrected chi connectivity index (χ2v) is 5.86. The molecule has 1 aromatic heterocycles. The molecule has 20 heavy (non-hydrogen) atoms. The number of para-hydroxylation sites is 1. The number of carbonyl (C=O) groups is 1. The Bertz CT molecular complexity index is 619. The fourth-order valence-electron chi connectivity index (χ4n) is 3.09. The smallest absolute Gasteiger partial charge is 0.253 e. The number of likely N-dealkylation sites (tertiary alicyclic amines) is 1. The van der Waals surface area contributed by atoms with Gasteiger partial charge in [-0.1, -0.05) is 19.1 Å². The Morgan fingerprint density at radius 2 is 2.25 bits per heavy atom. The number of aromatic amines is 1. The molecule has 1 aliphatic heterocycles. The van der Waals surface area contributed by atoms with Crippen molar-refractivity contribution < 1.29 is 4.79 Å². The van der Waals surface area contributed by atoms with Gasteiger partial charge in [-0.3, -0.25) is 4.79 Å². The van der Waals surface area contributed by atoms with E-state index in [1.54, 1.807) is 0 Å². The summed E-state index contributed by atoms with van der Waals surface area (Å²) in [7, 11) is 2.13. The van der Waals surface area contributed by atoms with E-state index in [1.165, 1.54) is 0 Å². The van der Waals surface area contributed by atoms with Gasteiger partial charge in [0.25, 0.3) is 5.91 Å². The van der Waals surface area contributed by atoms with Gasteiger partial charge < -0.3 is 15.2 Å². The van der Waals surface area contributed by atoms with E-state index in [0.717, 1.165) is 36.0 Å². The second kappa shape index (κ2) is 5.29. The Kier molecular flexibility index (Phi) is 3.49. The van der Waals surface area contributed by atoms with Crippen LogP contribution in [0.1, 0.15) is 23.7 Å². The van der Waals surface area contributed by atoms with Gasteiger partial charge in [0.2, 0.25) is 0 Å². The van der Waals surface area contributed by atoms with Crippen LogP contribution in [0.5, 0.6) is 0 Å². The van der Waals surface area contributed by atoms with Crippen LogP contribution in [0.15, 0.2) is 30.5 Å². The molecule has 1 aromatic carbocycles. The molecule has 106 valence electrons. The van der Waals surface area contributed by atoms with Crippen molar-refractivity contribution in [1.29, 1.82) is 0 Å². The minimum absolute atomic E-state index is 0.0273. The quantitative estimate of drug-likeness (QED) is 0.880. The molecule has 4 nitrogen and oxygen atoms in total. The van der Waals surface area contributed by atoms with Crippen LogP contribution < -0.4 is 5.32 Å². The number of rotatable bonds is 2. The number of hydrogen-bond donors (Lipinski definition) is 2. The first-order valence-corrected chi connectivity index (χ1v) is 7.20. The molecule has 0 saturated carbocycles. The van der Waals surface area contributed by atoms with Gasteiger partial charge in [-0.25, -0.2) is 0 Å². The van der Waals surface area contributed by atoms with Gasteiger partial charge >= 0.3 is 0 Å². The lowest BCUT2D eigenvalue weighted by Crippen LogP contribution is -2.48. The summed E-state index contributed by atoms with van der Waals surface area (Å²) in [6.45, 7) is 4.29. The van der Waals surface area contributed by atoms with Gasteiger partial charge in [0.15, 0.2) is 0 Å². The Morgan fingerprint density at radius 1 is 1.40 bits per heavy atom. The molecule has 2 aromatic rings. The number of carbonyl (C=O) groups excluding carboxylic acids is 1. The minimum Gasteiger partial charge on any atom is -0.361 e. The fraction of sp³-hybridized carbons (Fsp3) is 0.438. The van der Waals surface area contributed by atoms with E-state index in [4.69, 9.17) is 0 Å². The summed E-state index contributed by atoms with van der Waals surface area (Å²) >= 11 is 0. The van der Waals surface area contributed by atoms with Gasteiger partial charge in [-0.05, 0) is 38.1 Å². The maximum Gasteiger partial charge on any atom is 0.253 e. The van der Waals surface area contributed by atoms with Crippen LogP contribution in [0.25, 0.3) is 10.9 Å². The van der Waals surface area contributed by atoms with Crippen LogP contribution in [0.2, 0.25) is 0 Å². The molecule has 4 heteroatoms. The third kappa shape index (κ3) is 2.43. The lowest BCUT2D eigenvalue weighted by Gasteiger charge is -2.35. The maximum atomic E-state index is 12.5. The summed E-state index contributed by atoms with van der Waals surface area (Å²) in [6.07, 6.45) is 2.89. The van der Waals surface area contributed by atoms with E-state index >= 15 is 0 Å². The Labute approximate surface area is 119 Å². The highest BCUT2D eigenvalue weighted by Gasteiger charge is 2.26. The molecule has 1 amide bonds. The van der Waals surface area contributed by atoms with E-state index < -0.39 is 0 Å². The number of nitrogens with zero attached hydrogens (tertiary/aromatic N) is 1. The Morgan fingerprint density at radius 3 is 3.05 bits per heavy atom. The molecule has 1 fully saturated rings. The molecule has 0 bridgehead atoms. The number of amides is 1. The molecule has 2 N–H and O–H groups in total. The number of hydrogen-bond acceptors (Lipinski definition) is 2. The van der Waals surface area contributed by atoms with Gasteiger partial charge in [0.1, 0.15) is 0 Å². The molecular formula is C16H21N3O. The Balaban J connectivity index is 1.78. The minimum atomic E-state index is 0.0273. The van der Waals surface area contributed by atoms with Crippen molar-refractivity contribution in [3.05, 3.63) is 36.0 Å². The summed E-state index contributed by atoms with van der Waals surface area (Å²) < 4.78 is 0. The fourth-order valence-corrected chi connectivity index (χ4v) is 3.09. The van der Waals surface area contributed by atoms with Gasteiger partial charge in [-0.15, -0.1) is 0 Å². The zero-order valence-corrected chi connectivity index (χ0v) is 12.0. The predicted octanol–water partition coefficient (Wildman–Crippen LogP) is 2.24. The van der Waals surface area contributed by atoms with E-state index in [1.807, 2.05) is 30.5 Å². The number of H-pyrrole nitrogens is 1. The molecule has 0 aliphatic carbocycles. The lowest BCUT2D eigenvalue weighted by molar-refractivity contribution is 0.0885. The highest BCUT2D eigenvalue weighted by Crippen LogP contribution is 2.19. The van der Waals surface area contributed by atoms with Gasteiger partial charge in [0, 0.05) is 24.2 Å². The average molecular weight is 271 g/mol.